The molecule has 2 saturated heterocycles. The molecule has 2 rings (SSSR count). The van der Waals surface area contributed by atoms with Gasteiger partial charge in [-0.3, -0.25) is 4.79 Å². The van der Waals surface area contributed by atoms with Crippen molar-refractivity contribution in [2.45, 2.75) is 364 Å². The van der Waals surface area contributed by atoms with Crippen molar-refractivity contribution in [2.24, 2.45) is 0 Å². The molecule has 2 aliphatic rings. The van der Waals surface area contributed by atoms with Crippen LogP contribution in [0.5, 0.6) is 0 Å². The summed E-state index contributed by atoms with van der Waals surface area (Å²) >= 11 is 0. The van der Waals surface area contributed by atoms with Gasteiger partial charge < -0.3 is 65.1 Å². The molecule has 0 saturated carbocycles. The van der Waals surface area contributed by atoms with Crippen LogP contribution >= 0.6 is 0 Å². The van der Waals surface area contributed by atoms with Crippen molar-refractivity contribution in [3.8, 4) is 0 Å². The average molecular weight is 1150 g/mol. The Bertz CT molecular complexity index is 1500. The number of amides is 1. The highest BCUT2D eigenvalue weighted by Crippen LogP contribution is 2.30. The third-order valence-electron chi connectivity index (χ3n) is 16.6. The van der Waals surface area contributed by atoms with Crippen molar-refractivity contribution in [2.75, 3.05) is 19.8 Å². The average Bonchev–Trinajstić information content (AvgIpc) is 3.62. The van der Waals surface area contributed by atoms with Crippen LogP contribution in [0.3, 0.4) is 0 Å². The van der Waals surface area contributed by atoms with Gasteiger partial charge in [0, 0.05) is 6.42 Å². The normalized spacial score (nSPS) is 24.3. The molecule has 0 radical (unpaired) electrons. The molecule has 2 aliphatic heterocycles. The number of hydrogen-bond acceptors (Lipinski definition) is 13. The first-order valence-electron chi connectivity index (χ1n) is 33.7. The molecule has 0 aromatic carbocycles. The zero-order chi connectivity index (χ0) is 58.8. The van der Waals surface area contributed by atoms with Crippen LogP contribution in [0.25, 0.3) is 0 Å². The molecule has 2 fully saturated rings. The van der Waals surface area contributed by atoms with Gasteiger partial charge in [-0.15, -0.1) is 0 Å². The van der Waals surface area contributed by atoms with E-state index >= 15 is 0 Å². The minimum absolute atomic E-state index is 0.244. The number of unbranched alkanes of at least 4 members (excludes halogenated alkanes) is 38. The molecular weight excluding hydrogens is 1030 g/mol. The molecular formula is C67H125NO13. The number of ether oxygens (including phenoxy) is 4. The lowest BCUT2D eigenvalue weighted by Gasteiger charge is -2.46. The van der Waals surface area contributed by atoms with Gasteiger partial charge >= 0.3 is 0 Å². The van der Waals surface area contributed by atoms with Gasteiger partial charge in [-0.05, 0) is 51.4 Å². The van der Waals surface area contributed by atoms with Crippen LogP contribution in [0.15, 0.2) is 36.5 Å². The van der Waals surface area contributed by atoms with E-state index in [2.05, 4.69) is 43.5 Å². The Labute approximate surface area is 493 Å². The first-order valence-corrected chi connectivity index (χ1v) is 33.7. The number of rotatable bonds is 55. The predicted molar refractivity (Wildman–Crippen MR) is 328 cm³/mol. The molecule has 476 valence electrons. The molecule has 0 aromatic heterocycles. The third kappa shape index (κ3) is 37.4. The second kappa shape index (κ2) is 52.5. The Balaban J connectivity index is 1.69. The molecule has 14 nitrogen and oxygen atoms in total. The van der Waals surface area contributed by atoms with E-state index in [1.54, 1.807) is 6.08 Å². The summed E-state index contributed by atoms with van der Waals surface area (Å²) in [5, 5.41) is 87.3. The first kappa shape index (κ1) is 75.3. The lowest BCUT2D eigenvalue weighted by molar-refractivity contribution is -0.359. The number of nitrogens with one attached hydrogen (secondary N) is 1. The van der Waals surface area contributed by atoms with Gasteiger partial charge in [0.2, 0.25) is 5.91 Å². The Kier molecular flexibility index (Phi) is 48.8. The van der Waals surface area contributed by atoms with Crippen molar-refractivity contribution < 1.29 is 64.6 Å². The Morgan fingerprint density at radius 2 is 0.815 bits per heavy atom. The fraction of sp³-hybridized carbons (Fsp3) is 0.896. The van der Waals surface area contributed by atoms with E-state index in [0.29, 0.717) is 6.42 Å². The van der Waals surface area contributed by atoms with E-state index in [0.717, 1.165) is 57.8 Å². The van der Waals surface area contributed by atoms with Crippen molar-refractivity contribution in [3.05, 3.63) is 36.5 Å². The second-order valence-corrected chi connectivity index (χ2v) is 24.0. The zero-order valence-corrected chi connectivity index (χ0v) is 51.5. The van der Waals surface area contributed by atoms with Crippen molar-refractivity contribution in [3.63, 3.8) is 0 Å². The van der Waals surface area contributed by atoms with E-state index in [4.69, 9.17) is 18.9 Å². The SMILES string of the molecule is CCCCCC/C=C\C/C=C\CCCCCCCCCC(=O)NC(COC1OC(CO)C(OC2OC(CO)C(O)C(O)C2O)C(O)C1O)C(O)/C=C/CCCCCCCCCCCCCCCCCCCCCCCCCCCCC. The summed E-state index contributed by atoms with van der Waals surface area (Å²) < 4.78 is 22.8. The Morgan fingerprint density at radius 3 is 1.25 bits per heavy atom. The number of carbonyl (C=O) groups is 1. The molecule has 12 atom stereocenters. The van der Waals surface area contributed by atoms with Gasteiger partial charge in [-0.25, -0.2) is 0 Å². The fourth-order valence-corrected chi connectivity index (χ4v) is 11.1. The monoisotopic (exact) mass is 1150 g/mol. The van der Waals surface area contributed by atoms with Crippen LogP contribution in [0.4, 0.5) is 0 Å². The molecule has 1 amide bonds. The number of aliphatic hydroxyl groups is 8. The summed E-state index contributed by atoms with van der Waals surface area (Å²) in [6.45, 7) is 2.81. The number of aliphatic hydroxyl groups excluding tert-OH is 8. The van der Waals surface area contributed by atoms with E-state index < -0.39 is 86.8 Å². The summed E-state index contributed by atoms with van der Waals surface area (Å²) in [5.74, 6) is -0.244. The molecule has 0 bridgehead atoms. The largest absolute Gasteiger partial charge is 0.394 e. The fourth-order valence-electron chi connectivity index (χ4n) is 11.1. The second-order valence-electron chi connectivity index (χ2n) is 24.0. The molecule has 0 aliphatic carbocycles. The first-order chi connectivity index (χ1) is 39.6. The van der Waals surface area contributed by atoms with Crippen LogP contribution in [0, 0.1) is 0 Å². The van der Waals surface area contributed by atoms with E-state index in [1.165, 1.54) is 205 Å². The van der Waals surface area contributed by atoms with Crippen LogP contribution in [-0.4, -0.2) is 140 Å². The van der Waals surface area contributed by atoms with E-state index in [-0.39, 0.29) is 18.9 Å². The molecule has 12 unspecified atom stereocenters. The van der Waals surface area contributed by atoms with Crippen molar-refractivity contribution in [1.82, 2.24) is 5.32 Å². The van der Waals surface area contributed by atoms with Gasteiger partial charge in [0.25, 0.3) is 0 Å². The van der Waals surface area contributed by atoms with Gasteiger partial charge in [0.15, 0.2) is 12.6 Å². The van der Waals surface area contributed by atoms with Crippen LogP contribution in [0.2, 0.25) is 0 Å². The number of allylic oxidation sites excluding steroid dienone is 5. The summed E-state index contributed by atoms with van der Waals surface area (Å²) in [4.78, 5) is 13.3. The summed E-state index contributed by atoms with van der Waals surface area (Å²) in [7, 11) is 0. The maximum Gasteiger partial charge on any atom is 0.220 e. The van der Waals surface area contributed by atoms with Gasteiger partial charge in [0.05, 0.1) is 32.0 Å². The Morgan fingerprint density at radius 1 is 0.444 bits per heavy atom. The molecule has 9 N–H and O–H groups in total. The van der Waals surface area contributed by atoms with Gasteiger partial charge in [0.1, 0.15) is 48.8 Å². The van der Waals surface area contributed by atoms with Gasteiger partial charge in [-0.2, -0.15) is 0 Å². The van der Waals surface area contributed by atoms with Gasteiger partial charge in [-0.1, -0.05) is 269 Å². The topological polar surface area (TPSA) is 228 Å². The van der Waals surface area contributed by atoms with Crippen LogP contribution < -0.4 is 5.32 Å². The highest BCUT2D eigenvalue weighted by atomic mass is 16.7. The van der Waals surface area contributed by atoms with Crippen molar-refractivity contribution >= 4 is 5.91 Å². The molecule has 0 aromatic rings. The minimum Gasteiger partial charge on any atom is -0.394 e. The lowest BCUT2D eigenvalue weighted by Crippen LogP contribution is -2.65. The maximum absolute atomic E-state index is 13.3. The summed E-state index contributed by atoms with van der Waals surface area (Å²) in [6.07, 6.45) is 49.1. The Hall–Kier alpha value is -1.79. The minimum atomic E-state index is -1.79. The summed E-state index contributed by atoms with van der Waals surface area (Å²) in [5.41, 5.74) is 0. The highest BCUT2D eigenvalue weighted by Gasteiger charge is 2.51. The number of carbonyl (C=O) groups excluding carboxylic acids is 1. The quantitative estimate of drug-likeness (QED) is 0.0204. The zero-order valence-electron chi connectivity index (χ0n) is 51.5. The number of hydrogen-bond donors (Lipinski definition) is 9. The predicted octanol–water partition coefficient (Wildman–Crippen LogP) is 13.0. The van der Waals surface area contributed by atoms with E-state index in [9.17, 15) is 45.6 Å². The maximum atomic E-state index is 13.3. The standard InChI is InChI=1S/C67H125NO13/c1-3-5-7-9-11-13-15-17-19-21-23-24-25-26-27-28-29-30-31-32-33-34-36-38-40-42-44-46-48-50-56(71)55(68-59(72)51-49-47-45-43-41-39-37-35-22-20-18-16-14-12-10-8-6-4-2)54-78-66-64(77)62(75)65(58(53-70)80-66)81-67-63(76)61(74)60(73)57(52-69)79-67/h14,16,20,22,48,50,55-58,60-67,69-71,73-77H,3-13,15,17-19,21,23-47,49,51-54H2,1-2H3,(H,68,72)/b16-14-,22-20-,50-48+. The molecule has 0 spiro atoms. The highest BCUT2D eigenvalue weighted by molar-refractivity contribution is 5.76. The van der Waals surface area contributed by atoms with Crippen molar-refractivity contribution in [1.29, 1.82) is 0 Å². The molecule has 2 heterocycles. The molecule has 81 heavy (non-hydrogen) atoms. The lowest BCUT2D eigenvalue weighted by atomic mass is 9.97. The van der Waals surface area contributed by atoms with Crippen LogP contribution in [0.1, 0.15) is 290 Å². The third-order valence-corrected chi connectivity index (χ3v) is 16.6. The van der Waals surface area contributed by atoms with Crippen LogP contribution in [-0.2, 0) is 23.7 Å². The summed E-state index contributed by atoms with van der Waals surface area (Å²) in [6, 6.07) is -0.920. The van der Waals surface area contributed by atoms with E-state index in [1.807, 2.05) is 6.08 Å². The smallest absolute Gasteiger partial charge is 0.220 e. The molecule has 14 heteroatoms.